The Balaban J connectivity index is 2.77. The minimum Gasteiger partial charge on any atom is -0.492 e. The zero-order valence-corrected chi connectivity index (χ0v) is 9.22. The van der Waals surface area contributed by atoms with Gasteiger partial charge in [0.2, 0.25) is 0 Å². The second-order valence-corrected chi connectivity index (χ2v) is 3.28. The van der Waals surface area contributed by atoms with Crippen LogP contribution in [-0.2, 0) is 4.79 Å². The van der Waals surface area contributed by atoms with Gasteiger partial charge in [-0.2, -0.15) is 8.78 Å². The number of halogens is 3. The lowest BCUT2D eigenvalue weighted by Gasteiger charge is -2.08. The van der Waals surface area contributed by atoms with Crippen LogP contribution in [0.1, 0.15) is 6.92 Å². The Morgan fingerprint density at radius 2 is 2.25 bits per heavy atom. The van der Waals surface area contributed by atoms with E-state index >= 15 is 0 Å². The van der Waals surface area contributed by atoms with Crippen molar-refractivity contribution in [2.45, 2.75) is 13.3 Å². The van der Waals surface area contributed by atoms with Crippen molar-refractivity contribution in [1.29, 1.82) is 0 Å². The van der Waals surface area contributed by atoms with E-state index in [1.54, 1.807) is 6.92 Å². The van der Waals surface area contributed by atoms with Crippen LogP contribution in [0.25, 0.3) is 0 Å². The van der Waals surface area contributed by atoms with Gasteiger partial charge in [0.15, 0.2) is 0 Å². The van der Waals surface area contributed by atoms with Gasteiger partial charge >= 0.3 is 6.43 Å². The Morgan fingerprint density at radius 1 is 1.56 bits per heavy atom. The molecule has 1 aromatic rings. The van der Waals surface area contributed by atoms with E-state index in [-0.39, 0.29) is 10.7 Å². The number of benzene rings is 1. The van der Waals surface area contributed by atoms with Gasteiger partial charge < -0.3 is 10.1 Å². The van der Waals surface area contributed by atoms with Crippen molar-refractivity contribution in [2.24, 2.45) is 0 Å². The van der Waals surface area contributed by atoms with Crippen molar-refractivity contribution < 1.29 is 18.3 Å². The van der Waals surface area contributed by atoms with Gasteiger partial charge in [-0.1, -0.05) is 11.6 Å². The SMILES string of the molecule is CCOc1ccc(NC(=O)C(F)F)cc1Cl. The zero-order chi connectivity index (χ0) is 12.1. The number of anilines is 1. The normalized spacial score (nSPS) is 10.3. The van der Waals surface area contributed by atoms with Gasteiger partial charge in [0, 0.05) is 5.69 Å². The molecular weight excluding hydrogens is 240 g/mol. The van der Waals surface area contributed by atoms with Crippen LogP contribution < -0.4 is 10.1 Å². The van der Waals surface area contributed by atoms with Gasteiger partial charge in [-0.15, -0.1) is 0 Å². The number of hydrogen-bond acceptors (Lipinski definition) is 2. The van der Waals surface area contributed by atoms with Crippen LogP contribution in [0, 0.1) is 0 Å². The summed E-state index contributed by atoms with van der Waals surface area (Å²) in [6.07, 6.45) is -3.05. The Hall–Kier alpha value is -1.36. The number of ether oxygens (including phenoxy) is 1. The first-order chi connectivity index (χ1) is 7.54. The lowest BCUT2D eigenvalue weighted by atomic mass is 10.3. The van der Waals surface area contributed by atoms with Gasteiger partial charge in [-0.05, 0) is 25.1 Å². The highest BCUT2D eigenvalue weighted by atomic mass is 35.5. The molecule has 0 aliphatic heterocycles. The van der Waals surface area contributed by atoms with E-state index in [2.05, 4.69) is 0 Å². The molecule has 0 saturated heterocycles. The summed E-state index contributed by atoms with van der Waals surface area (Å²) < 4.78 is 29.0. The zero-order valence-electron chi connectivity index (χ0n) is 8.47. The van der Waals surface area contributed by atoms with Gasteiger partial charge in [-0.25, -0.2) is 0 Å². The van der Waals surface area contributed by atoms with Crippen molar-refractivity contribution in [1.82, 2.24) is 0 Å². The quantitative estimate of drug-likeness (QED) is 0.891. The molecule has 0 radical (unpaired) electrons. The Bertz CT molecular complexity index is 385. The molecule has 0 aromatic heterocycles. The largest absolute Gasteiger partial charge is 0.492 e. The summed E-state index contributed by atoms with van der Waals surface area (Å²) in [5, 5.41) is 2.28. The fourth-order valence-electron chi connectivity index (χ4n) is 1.05. The molecule has 0 fully saturated rings. The first-order valence-electron chi connectivity index (χ1n) is 4.56. The maximum atomic E-state index is 11.9. The number of carbonyl (C=O) groups excluding carboxylic acids is 1. The molecule has 6 heteroatoms. The van der Waals surface area contributed by atoms with Crippen molar-refractivity contribution in [3.8, 4) is 5.75 Å². The first-order valence-corrected chi connectivity index (χ1v) is 4.93. The van der Waals surface area contributed by atoms with E-state index in [1.165, 1.54) is 18.2 Å². The lowest BCUT2D eigenvalue weighted by Crippen LogP contribution is -2.19. The molecule has 0 bridgehead atoms. The molecule has 0 saturated carbocycles. The fourth-order valence-corrected chi connectivity index (χ4v) is 1.28. The van der Waals surface area contributed by atoms with Crippen molar-refractivity contribution in [3.63, 3.8) is 0 Å². The van der Waals surface area contributed by atoms with Crippen molar-refractivity contribution in [3.05, 3.63) is 23.2 Å². The van der Waals surface area contributed by atoms with E-state index in [1.807, 2.05) is 5.32 Å². The minimum atomic E-state index is -3.05. The molecule has 1 aromatic carbocycles. The van der Waals surface area contributed by atoms with Crippen molar-refractivity contribution >= 4 is 23.2 Å². The van der Waals surface area contributed by atoms with Crippen LogP contribution in [0.4, 0.5) is 14.5 Å². The summed E-state index contributed by atoms with van der Waals surface area (Å²) in [6, 6.07) is 4.30. The summed E-state index contributed by atoms with van der Waals surface area (Å²) in [5.74, 6) is -0.917. The molecule has 0 aliphatic carbocycles. The van der Waals surface area contributed by atoms with E-state index in [0.29, 0.717) is 12.4 Å². The monoisotopic (exact) mass is 249 g/mol. The fraction of sp³-hybridized carbons (Fsp3) is 0.300. The molecule has 16 heavy (non-hydrogen) atoms. The van der Waals surface area contributed by atoms with Crippen LogP contribution >= 0.6 is 11.6 Å². The molecule has 0 spiro atoms. The van der Waals surface area contributed by atoms with Gasteiger partial charge in [0.25, 0.3) is 5.91 Å². The smallest absolute Gasteiger partial charge is 0.315 e. The summed E-state index contributed by atoms with van der Waals surface area (Å²) in [4.78, 5) is 10.7. The molecule has 88 valence electrons. The van der Waals surface area contributed by atoms with E-state index < -0.39 is 12.3 Å². The topological polar surface area (TPSA) is 38.3 Å². The van der Waals surface area contributed by atoms with Crippen molar-refractivity contribution in [2.75, 3.05) is 11.9 Å². The average molecular weight is 250 g/mol. The molecule has 1 N–H and O–H groups in total. The second kappa shape index (κ2) is 5.65. The summed E-state index contributed by atoms with van der Waals surface area (Å²) in [5.41, 5.74) is 0.207. The Labute approximate surface area is 96.4 Å². The van der Waals surface area contributed by atoms with E-state index in [4.69, 9.17) is 16.3 Å². The van der Waals surface area contributed by atoms with Crippen LogP contribution in [0.5, 0.6) is 5.75 Å². The minimum absolute atomic E-state index is 0.207. The molecule has 0 heterocycles. The number of nitrogens with one attached hydrogen (secondary N) is 1. The number of rotatable bonds is 4. The Morgan fingerprint density at radius 3 is 2.75 bits per heavy atom. The average Bonchev–Trinajstić information content (AvgIpc) is 2.22. The lowest BCUT2D eigenvalue weighted by molar-refractivity contribution is -0.126. The van der Waals surface area contributed by atoms with E-state index in [0.717, 1.165) is 0 Å². The third-order valence-electron chi connectivity index (χ3n) is 1.70. The number of carbonyl (C=O) groups is 1. The molecule has 0 unspecified atom stereocenters. The predicted molar refractivity (Wildman–Crippen MR) is 57.3 cm³/mol. The molecular formula is C10H10ClF2NO2. The van der Waals surface area contributed by atoms with Gasteiger partial charge in [0.05, 0.1) is 11.6 Å². The highest BCUT2D eigenvalue weighted by Crippen LogP contribution is 2.27. The standard InChI is InChI=1S/C10H10ClF2NO2/c1-2-16-8-4-3-6(5-7(8)11)14-10(15)9(12)13/h3-5,9H,2H2,1H3,(H,14,15). The molecule has 1 amide bonds. The third-order valence-corrected chi connectivity index (χ3v) is 1.99. The summed E-state index contributed by atoms with van der Waals surface area (Å²) in [6.45, 7) is 2.24. The van der Waals surface area contributed by atoms with E-state index in [9.17, 15) is 13.6 Å². The van der Waals surface area contributed by atoms with Crippen LogP contribution in [-0.4, -0.2) is 18.9 Å². The predicted octanol–water partition coefficient (Wildman–Crippen LogP) is 2.94. The number of hydrogen-bond donors (Lipinski definition) is 1. The Kier molecular flexibility index (Phi) is 4.49. The summed E-state index contributed by atoms with van der Waals surface area (Å²) in [7, 11) is 0. The molecule has 1 rings (SSSR count). The number of amides is 1. The molecule has 0 atom stereocenters. The van der Waals surface area contributed by atoms with Crippen LogP contribution in [0.15, 0.2) is 18.2 Å². The highest BCUT2D eigenvalue weighted by molar-refractivity contribution is 6.32. The summed E-state index contributed by atoms with van der Waals surface area (Å²) >= 11 is 5.81. The maximum absolute atomic E-state index is 11.9. The number of alkyl halides is 2. The molecule has 0 aliphatic rings. The maximum Gasteiger partial charge on any atom is 0.315 e. The van der Waals surface area contributed by atoms with Crippen LogP contribution in [0.3, 0.4) is 0 Å². The second-order valence-electron chi connectivity index (χ2n) is 2.87. The third kappa shape index (κ3) is 3.34. The first kappa shape index (κ1) is 12.7. The highest BCUT2D eigenvalue weighted by Gasteiger charge is 2.15. The molecule has 3 nitrogen and oxygen atoms in total. The van der Waals surface area contributed by atoms with Gasteiger partial charge in [-0.3, -0.25) is 4.79 Å². The van der Waals surface area contributed by atoms with Crippen LogP contribution in [0.2, 0.25) is 5.02 Å². The van der Waals surface area contributed by atoms with Gasteiger partial charge in [0.1, 0.15) is 5.75 Å².